The van der Waals surface area contributed by atoms with E-state index in [9.17, 15) is 4.79 Å². The van der Waals surface area contributed by atoms with E-state index in [0.717, 1.165) is 25.9 Å². The number of hydrogen-bond acceptors (Lipinski definition) is 4. The highest BCUT2D eigenvalue weighted by Crippen LogP contribution is 2.35. The maximum Gasteiger partial charge on any atom is 0.261 e. The second-order valence-electron chi connectivity index (χ2n) is 5.38. The molecule has 0 unspecified atom stereocenters. The summed E-state index contributed by atoms with van der Waals surface area (Å²) in [6.07, 6.45) is 2.07. The first-order valence-corrected chi connectivity index (χ1v) is 7.20. The predicted molar refractivity (Wildman–Crippen MR) is 80.4 cm³/mol. The van der Waals surface area contributed by atoms with Crippen LogP contribution in [0.1, 0.15) is 30.1 Å². The lowest BCUT2D eigenvalue weighted by Gasteiger charge is -2.31. The zero-order valence-corrected chi connectivity index (χ0v) is 13.1. The average Bonchev–Trinajstić information content (AvgIpc) is 2.53. The molecule has 1 aromatic rings. The van der Waals surface area contributed by atoms with E-state index in [1.807, 2.05) is 4.90 Å². The number of piperidine rings is 1. The monoisotopic (exact) mass is 293 g/mol. The van der Waals surface area contributed by atoms with Crippen LogP contribution < -0.4 is 14.2 Å². The molecular weight excluding hydrogens is 270 g/mol. The van der Waals surface area contributed by atoms with Gasteiger partial charge in [-0.1, -0.05) is 6.92 Å². The summed E-state index contributed by atoms with van der Waals surface area (Å²) in [5.41, 5.74) is 0.468. The molecule has 5 heteroatoms. The first-order chi connectivity index (χ1) is 10.1. The Bertz CT molecular complexity index is 482. The van der Waals surface area contributed by atoms with Crippen molar-refractivity contribution in [1.29, 1.82) is 0 Å². The first kappa shape index (κ1) is 15.5. The first-order valence-electron chi connectivity index (χ1n) is 7.20. The Morgan fingerprint density at radius 1 is 1.05 bits per heavy atom. The number of likely N-dealkylation sites (tertiary alicyclic amines) is 1. The second-order valence-corrected chi connectivity index (χ2v) is 5.38. The molecule has 1 amide bonds. The van der Waals surface area contributed by atoms with Crippen LogP contribution in [0.5, 0.6) is 17.2 Å². The number of nitrogens with zero attached hydrogens (tertiary/aromatic N) is 1. The molecule has 1 saturated heterocycles. The van der Waals surface area contributed by atoms with E-state index in [0.29, 0.717) is 28.7 Å². The number of hydrogen-bond donors (Lipinski definition) is 0. The van der Waals surface area contributed by atoms with E-state index in [1.54, 1.807) is 33.5 Å². The molecule has 0 aromatic heterocycles. The highest BCUT2D eigenvalue weighted by Gasteiger charge is 2.27. The van der Waals surface area contributed by atoms with Crippen LogP contribution in [0, 0.1) is 5.92 Å². The maximum absolute atomic E-state index is 12.8. The number of carbonyl (C=O) groups is 1. The van der Waals surface area contributed by atoms with Gasteiger partial charge < -0.3 is 19.1 Å². The van der Waals surface area contributed by atoms with Gasteiger partial charge in [-0.15, -0.1) is 0 Å². The third kappa shape index (κ3) is 3.23. The lowest BCUT2D eigenvalue weighted by atomic mass is 9.98. The third-order valence-electron chi connectivity index (χ3n) is 4.00. The van der Waals surface area contributed by atoms with Crippen molar-refractivity contribution in [2.75, 3.05) is 34.4 Å². The normalized spacial score (nSPS) is 15.7. The summed E-state index contributed by atoms with van der Waals surface area (Å²) >= 11 is 0. The third-order valence-corrected chi connectivity index (χ3v) is 4.00. The molecule has 2 rings (SSSR count). The van der Waals surface area contributed by atoms with Gasteiger partial charge in [0.1, 0.15) is 22.8 Å². The van der Waals surface area contributed by atoms with Crippen LogP contribution in [0.4, 0.5) is 0 Å². The fraction of sp³-hybridized carbons (Fsp3) is 0.562. The topological polar surface area (TPSA) is 48.0 Å². The molecule has 0 saturated carbocycles. The summed E-state index contributed by atoms with van der Waals surface area (Å²) in [7, 11) is 4.66. The molecule has 0 atom stereocenters. The molecule has 1 fully saturated rings. The van der Waals surface area contributed by atoms with Gasteiger partial charge in [0.05, 0.1) is 21.3 Å². The molecule has 1 aliphatic heterocycles. The average molecular weight is 293 g/mol. The smallest absolute Gasteiger partial charge is 0.261 e. The molecule has 0 bridgehead atoms. The molecule has 5 nitrogen and oxygen atoms in total. The molecule has 0 spiro atoms. The van der Waals surface area contributed by atoms with Gasteiger partial charge >= 0.3 is 0 Å². The van der Waals surface area contributed by atoms with Gasteiger partial charge in [0, 0.05) is 25.2 Å². The van der Waals surface area contributed by atoms with Gasteiger partial charge in [0.25, 0.3) is 5.91 Å². The van der Waals surface area contributed by atoms with Gasteiger partial charge in [0.2, 0.25) is 0 Å². The van der Waals surface area contributed by atoms with Crippen molar-refractivity contribution in [2.45, 2.75) is 19.8 Å². The lowest BCUT2D eigenvalue weighted by molar-refractivity contribution is 0.0690. The Labute approximate surface area is 125 Å². The summed E-state index contributed by atoms with van der Waals surface area (Å²) in [6.45, 7) is 3.77. The summed E-state index contributed by atoms with van der Waals surface area (Å²) in [5, 5.41) is 0. The largest absolute Gasteiger partial charge is 0.496 e. The van der Waals surface area contributed by atoms with Gasteiger partial charge in [-0.3, -0.25) is 4.79 Å². The molecule has 1 aromatic carbocycles. The van der Waals surface area contributed by atoms with Crippen molar-refractivity contribution in [3.8, 4) is 17.2 Å². The number of benzene rings is 1. The van der Waals surface area contributed by atoms with E-state index >= 15 is 0 Å². The SMILES string of the molecule is COc1cc(OC)c(C(=O)N2CCC(C)CC2)c(OC)c1. The zero-order valence-electron chi connectivity index (χ0n) is 13.1. The highest BCUT2D eigenvalue weighted by atomic mass is 16.5. The molecule has 1 heterocycles. The van der Waals surface area contributed by atoms with Crippen LogP contribution in [0.3, 0.4) is 0 Å². The van der Waals surface area contributed by atoms with Gasteiger partial charge in [-0.25, -0.2) is 0 Å². The van der Waals surface area contributed by atoms with Gasteiger partial charge in [-0.2, -0.15) is 0 Å². The quantitative estimate of drug-likeness (QED) is 0.856. The fourth-order valence-corrected chi connectivity index (χ4v) is 2.59. The van der Waals surface area contributed by atoms with Crippen LogP contribution in [0.2, 0.25) is 0 Å². The Hall–Kier alpha value is -1.91. The van der Waals surface area contributed by atoms with E-state index in [4.69, 9.17) is 14.2 Å². The summed E-state index contributed by atoms with van der Waals surface area (Å²) < 4.78 is 15.9. The van der Waals surface area contributed by atoms with Crippen LogP contribution in [-0.4, -0.2) is 45.2 Å². The zero-order chi connectivity index (χ0) is 15.4. The van der Waals surface area contributed by atoms with E-state index < -0.39 is 0 Å². The van der Waals surface area contributed by atoms with E-state index in [1.165, 1.54) is 0 Å². The number of amides is 1. The number of rotatable bonds is 4. The van der Waals surface area contributed by atoms with Crippen molar-refractivity contribution < 1.29 is 19.0 Å². The van der Waals surface area contributed by atoms with Gasteiger partial charge in [-0.05, 0) is 18.8 Å². The van der Waals surface area contributed by atoms with Crippen molar-refractivity contribution in [2.24, 2.45) is 5.92 Å². The molecule has 21 heavy (non-hydrogen) atoms. The second kappa shape index (κ2) is 6.70. The molecular formula is C16H23NO4. The lowest BCUT2D eigenvalue weighted by Crippen LogP contribution is -2.38. The minimum Gasteiger partial charge on any atom is -0.496 e. The van der Waals surface area contributed by atoms with Crippen molar-refractivity contribution >= 4 is 5.91 Å². The summed E-state index contributed by atoms with van der Waals surface area (Å²) in [6, 6.07) is 3.42. The van der Waals surface area contributed by atoms with Crippen LogP contribution in [0.15, 0.2) is 12.1 Å². The Kier molecular flexibility index (Phi) is 4.94. The molecule has 0 aliphatic carbocycles. The van der Waals surface area contributed by atoms with Crippen molar-refractivity contribution in [1.82, 2.24) is 4.90 Å². The highest BCUT2D eigenvalue weighted by molar-refractivity contribution is 6.00. The van der Waals surface area contributed by atoms with E-state index in [2.05, 4.69) is 6.92 Å². The maximum atomic E-state index is 12.8. The number of methoxy groups -OCH3 is 3. The number of ether oxygens (including phenoxy) is 3. The Balaban J connectivity index is 2.35. The molecule has 0 N–H and O–H groups in total. The minimum absolute atomic E-state index is 0.0433. The van der Waals surface area contributed by atoms with Crippen LogP contribution in [0.25, 0.3) is 0 Å². The van der Waals surface area contributed by atoms with E-state index in [-0.39, 0.29) is 5.91 Å². The van der Waals surface area contributed by atoms with Crippen molar-refractivity contribution in [3.05, 3.63) is 17.7 Å². The standard InChI is InChI=1S/C16H23NO4/c1-11-5-7-17(8-6-11)16(18)15-13(20-3)9-12(19-2)10-14(15)21-4/h9-11H,5-8H2,1-4H3. The molecule has 0 radical (unpaired) electrons. The fourth-order valence-electron chi connectivity index (χ4n) is 2.59. The minimum atomic E-state index is -0.0433. The van der Waals surface area contributed by atoms with Crippen LogP contribution >= 0.6 is 0 Å². The predicted octanol–water partition coefficient (Wildman–Crippen LogP) is 2.58. The summed E-state index contributed by atoms with van der Waals surface area (Å²) in [5.74, 6) is 2.20. The number of carbonyl (C=O) groups excluding carboxylic acids is 1. The Morgan fingerprint density at radius 2 is 1.57 bits per heavy atom. The van der Waals surface area contributed by atoms with Gasteiger partial charge in [0.15, 0.2) is 0 Å². The Morgan fingerprint density at radius 3 is 2.00 bits per heavy atom. The summed E-state index contributed by atoms with van der Waals surface area (Å²) in [4.78, 5) is 14.7. The van der Waals surface area contributed by atoms with Crippen LogP contribution in [-0.2, 0) is 0 Å². The molecule has 116 valence electrons. The molecule has 1 aliphatic rings. The van der Waals surface area contributed by atoms with Crippen molar-refractivity contribution in [3.63, 3.8) is 0 Å².